The monoisotopic (exact) mass is 386 g/mol. The van der Waals surface area contributed by atoms with Crippen molar-refractivity contribution in [3.8, 4) is 0 Å². The molecule has 0 saturated heterocycles. The van der Waals surface area contributed by atoms with E-state index in [1.54, 1.807) is 12.1 Å². The molecule has 148 valence electrons. The van der Waals surface area contributed by atoms with Crippen LogP contribution in [-0.2, 0) is 31.9 Å². The van der Waals surface area contributed by atoms with Gasteiger partial charge in [0.25, 0.3) is 10.1 Å². The van der Waals surface area contributed by atoms with Crippen molar-refractivity contribution in [2.24, 2.45) is 0 Å². The summed E-state index contributed by atoms with van der Waals surface area (Å²) in [5, 5.41) is 10.2. The minimum atomic E-state index is -4.49. The van der Waals surface area contributed by atoms with Gasteiger partial charge in [-0.1, -0.05) is 69.7 Å². The van der Waals surface area contributed by atoms with Gasteiger partial charge in [-0.15, -0.1) is 0 Å². The molecule has 0 aliphatic rings. The zero-order chi connectivity index (χ0) is 19.6. The summed E-state index contributed by atoms with van der Waals surface area (Å²) in [7, 11) is -4.49. The number of aryl methyl sites for hydroxylation is 1. The quantitative estimate of drug-likeness (QED) is 0.246. The summed E-state index contributed by atoms with van der Waals surface area (Å²) in [6.07, 6.45) is 9.62. The summed E-state index contributed by atoms with van der Waals surface area (Å²) in [4.78, 5) is 11.5. The molecule has 1 atom stereocenters. The number of carbonyl (C=O) groups is 1. The van der Waals surface area contributed by atoms with E-state index in [1.807, 2.05) is 12.1 Å². The Balaban J connectivity index is 2.46. The SMILES string of the molecule is CCCCCCCCCc1ccc(C(C)(O)OC(=O)CS(=O)(=O)O)cc1. The van der Waals surface area contributed by atoms with Crippen molar-refractivity contribution in [2.45, 2.75) is 71.0 Å². The fourth-order valence-electron chi connectivity index (χ4n) is 2.73. The Bertz CT molecular complexity index is 649. The topological polar surface area (TPSA) is 101 Å². The third-order valence-corrected chi connectivity index (χ3v) is 4.77. The lowest BCUT2D eigenvalue weighted by molar-refractivity contribution is -0.204. The molecule has 1 aromatic rings. The normalized spacial score (nSPS) is 14.0. The zero-order valence-corrected chi connectivity index (χ0v) is 16.4. The average molecular weight is 387 g/mol. The van der Waals surface area contributed by atoms with Gasteiger partial charge in [0.15, 0.2) is 5.75 Å². The summed E-state index contributed by atoms with van der Waals surface area (Å²) >= 11 is 0. The van der Waals surface area contributed by atoms with Gasteiger partial charge in [0.05, 0.1) is 0 Å². The molecule has 0 bridgehead atoms. The van der Waals surface area contributed by atoms with E-state index in [0.29, 0.717) is 5.56 Å². The molecule has 1 unspecified atom stereocenters. The van der Waals surface area contributed by atoms with Gasteiger partial charge in [-0.05, 0) is 18.4 Å². The third-order valence-electron chi connectivity index (χ3n) is 4.17. The fraction of sp³-hybridized carbons (Fsp3) is 0.632. The maximum Gasteiger partial charge on any atom is 0.326 e. The fourth-order valence-corrected chi connectivity index (χ4v) is 3.08. The van der Waals surface area contributed by atoms with Crippen molar-refractivity contribution in [1.82, 2.24) is 0 Å². The van der Waals surface area contributed by atoms with Gasteiger partial charge in [-0.3, -0.25) is 9.35 Å². The Labute approximate surface area is 156 Å². The summed E-state index contributed by atoms with van der Waals surface area (Å²) in [6.45, 7) is 3.46. The van der Waals surface area contributed by atoms with Crippen LogP contribution in [0.5, 0.6) is 0 Å². The van der Waals surface area contributed by atoms with Crippen molar-refractivity contribution >= 4 is 16.1 Å². The number of rotatable bonds is 12. The molecule has 0 aromatic heterocycles. The molecule has 0 fully saturated rings. The second-order valence-electron chi connectivity index (χ2n) is 6.75. The molecule has 7 heteroatoms. The molecule has 26 heavy (non-hydrogen) atoms. The minimum Gasteiger partial charge on any atom is -0.428 e. The van der Waals surface area contributed by atoms with E-state index >= 15 is 0 Å². The molecule has 1 rings (SSSR count). The Morgan fingerprint density at radius 1 is 1.04 bits per heavy atom. The first kappa shape index (κ1) is 22.6. The Morgan fingerprint density at radius 3 is 2.12 bits per heavy atom. The summed E-state index contributed by atoms with van der Waals surface area (Å²) in [5.41, 5.74) is 1.46. The number of carbonyl (C=O) groups excluding carboxylic acids is 1. The Kier molecular flexibility index (Phi) is 9.25. The average Bonchev–Trinajstić information content (AvgIpc) is 2.52. The van der Waals surface area contributed by atoms with Crippen LogP contribution in [0.1, 0.15) is 69.9 Å². The van der Waals surface area contributed by atoms with Crippen molar-refractivity contribution in [3.63, 3.8) is 0 Å². The molecule has 0 aliphatic heterocycles. The molecular formula is C19H30O6S. The molecule has 0 heterocycles. The lowest BCUT2D eigenvalue weighted by atomic mass is 10.0. The van der Waals surface area contributed by atoms with Gasteiger partial charge in [-0.25, -0.2) is 0 Å². The predicted molar refractivity (Wildman–Crippen MR) is 100 cm³/mol. The summed E-state index contributed by atoms with van der Waals surface area (Å²) < 4.78 is 34.8. The third kappa shape index (κ3) is 9.31. The molecule has 6 nitrogen and oxygen atoms in total. The number of esters is 1. The second-order valence-corrected chi connectivity index (χ2v) is 8.20. The number of ether oxygens (including phenoxy) is 1. The van der Waals surface area contributed by atoms with Crippen LogP contribution in [0.2, 0.25) is 0 Å². The zero-order valence-electron chi connectivity index (χ0n) is 15.6. The molecule has 0 saturated carbocycles. The smallest absolute Gasteiger partial charge is 0.326 e. The van der Waals surface area contributed by atoms with Crippen LogP contribution < -0.4 is 0 Å². The van der Waals surface area contributed by atoms with Gasteiger partial charge < -0.3 is 9.84 Å². The molecule has 0 spiro atoms. The first-order chi connectivity index (χ1) is 12.1. The highest BCUT2D eigenvalue weighted by molar-refractivity contribution is 7.86. The predicted octanol–water partition coefficient (Wildman–Crippen LogP) is 3.58. The largest absolute Gasteiger partial charge is 0.428 e. The highest BCUT2D eigenvalue weighted by atomic mass is 32.2. The minimum absolute atomic E-state index is 0.338. The molecule has 0 aliphatic carbocycles. The van der Waals surface area contributed by atoms with E-state index in [-0.39, 0.29) is 0 Å². The number of aliphatic hydroxyl groups is 1. The van der Waals surface area contributed by atoms with Crippen molar-refractivity contribution in [1.29, 1.82) is 0 Å². The number of hydrogen-bond acceptors (Lipinski definition) is 5. The lowest BCUT2D eigenvalue weighted by Gasteiger charge is -2.23. The molecule has 1 aromatic carbocycles. The first-order valence-electron chi connectivity index (χ1n) is 9.13. The maximum absolute atomic E-state index is 11.5. The number of unbranched alkanes of at least 4 members (excludes halogenated alkanes) is 6. The maximum atomic E-state index is 11.5. The van der Waals surface area contributed by atoms with Gasteiger partial charge in [0, 0.05) is 12.5 Å². The van der Waals surface area contributed by atoms with Crippen LogP contribution in [0, 0.1) is 0 Å². The van der Waals surface area contributed by atoms with Crippen LogP contribution in [0.25, 0.3) is 0 Å². The van der Waals surface area contributed by atoms with Crippen LogP contribution in [0.3, 0.4) is 0 Å². The van der Waals surface area contributed by atoms with E-state index < -0.39 is 27.6 Å². The van der Waals surface area contributed by atoms with Gasteiger partial charge in [-0.2, -0.15) is 8.42 Å². The van der Waals surface area contributed by atoms with Gasteiger partial charge in [0.2, 0.25) is 5.79 Å². The highest BCUT2D eigenvalue weighted by Crippen LogP contribution is 2.23. The highest BCUT2D eigenvalue weighted by Gasteiger charge is 2.29. The molecule has 2 N–H and O–H groups in total. The second kappa shape index (κ2) is 10.6. The van der Waals surface area contributed by atoms with E-state index in [4.69, 9.17) is 9.29 Å². The van der Waals surface area contributed by atoms with E-state index in [2.05, 4.69) is 6.92 Å². The van der Waals surface area contributed by atoms with Crippen molar-refractivity contribution in [2.75, 3.05) is 5.75 Å². The van der Waals surface area contributed by atoms with E-state index in [1.165, 1.54) is 45.4 Å². The van der Waals surface area contributed by atoms with Crippen LogP contribution in [-0.4, -0.2) is 29.8 Å². The van der Waals surface area contributed by atoms with Crippen molar-refractivity contribution in [3.05, 3.63) is 35.4 Å². The molecule has 0 radical (unpaired) electrons. The van der Waals surface area contributed by atoms with Crippen LogP contribution >= 0.6 is 0 Å². The summed E-state index contributed by atoms with van der Waals surface area (Å²) in [5.74, 6) is -4.37. The van der Waals surface area contributed by atoms with Crippen LogP contribution in [0.4, 0.5) is 0 Å². The standard InChI is InChI=1S/C19H30O6S/c1-3-4-5-6-7-8-9-10-16-11-13-17(14-12-16)19(2,21)25-18(20)15-26(22,23)24/h11-14,21H,3-10,15H2,1-2H3,(H,22,23,24). The Hall–Kier alpha value is -1.44. The van der Waals surface area contributed by atoms with E-state index in [9.17, 15) is 18.3 Å². The summed E-state index contributed by atoms with van der Waals surface area (Å²) in [6, 6.07) is 7.02. The van der Waals surface area contributed by atoms with Crippen molar-refractivity contribution < 1.29 is 27.6 Å². The van der Waals surface area contributed by atoms with Crippen LogP contribution in [0.15, 0.2) is 24.3 Å². The molecular weight excluding hydrogens is 356 g/mol. The number of benzene rings is 1. The van der Waals surface area contributed by atoms with Gasteiger partial charge in [0.1, 0.15) is 0 Å². The lowest BCUT2D eigenvalue weighted by Crippen LogP contribution is -2.31. The number of hydrogen-bond donors (Lipinski definition) is 2. The van der Waals surface area contributed by atoms with E-state index in [0.717, 1.165) is 18.4 Å². The Morgan fingerprint density at radius 2 is 1.58 bits per heavy atom. The first-order valence-corrected chi connectivity index (χ1v) is 10.7. The molecule has 0 amide bonds. The van der Waals surface area contributed by atoms with Gasteiger partial charge >= 0.3 is 5.97 Å².